The zero-order chi connectivity index (χ0) is 24.3. The van der Waals surface area contributed by atoms with Crippen molar-refractivity contribution in [3.8, 4) is 0 Å². The molecule has 2 aromatic carbocycles. The van der Waals surface area contributed by atoms with Crippen molar-refractivity contribution in [1.82, 2.24) is 4.31 Å². The van der Waals surface area contributed by atoms with Gasteiger partial charge in [-0.05, 0) is 49.1 Å². The molecule has 182 valence electrons. The topological polar surface area (TPSA) is 87.2 Å². The number of esters is 1. The Bertz CT molecular complexity index is 1170. The third-order valence-electron chi connectivity index (χ3n) is 6.49. The van der Waals surface area contributed by atoms with Gasteiger partial charge in [0.2, 0.25) is 10.0 Å². The van der Waals surface area contributed by atoms with Gasteiger partial charge >= 0.3 is 5.97 Å². The lowest BCUT2D eigenvalue weighted by atomic mass is 10.1. The first-order chi connectivity index (χ1) is 16.4. The van der Waals surface area contributed by atoms with Crippen molar-refractivity contribution in [2.75, 3.05) is 49.1 Å². The Morgan fingerprint density at radius 3 is 2.38 bits per heavy atom. The molecule has 2 heterocycles. The highest BCUT2D eigenvalue weighted by Gasteiger charge is 2.29. The maximum absolute atomic E-state index is 13.1. The maximum Gasteiger partial charge on any atom is 0.340 e. The quantitative estimate of drug-likeness (QED) is 0.534. The fourth-order valence-corrected chi connectivity index (χ4v) is 6.15. The molecule has 8 nitrogen and oxygen atoms in total. The number of carbonyl (C=O) groups excluding carboxylic acids is 2. The van der Waals surface area contributed by atoms with Gasteiger partial charge in [-0.25, -0.2) is 13.2 Å². The summed E-state index contributed by atoms with van der Waals surface area (Å²) in [4.78, 5) is 29.7. The molecule has 0 aliphatic carbocycles. The first kappa shape index (κ1) is 24.2. The third-order valence-corrected chi connectivity index (χ3v) is 8.54. The number of carbonyl (C=O) groups is 2. The van der Waals surface area contributed by atoms with Gasteiger partial charge in [0.15, 0.2) is 6.61 Å². The van der Waals surface area contributed by atoms with Crippen LogP contribution in [0.4, 0.5) is 11.4 Å². The van der Waals surface area contributed by atoms with E-state index in [0.717, 1.165) is 43.6 Å². The number of para-hydroxylation sites is 1. The molecular formula is C25H31N3O5S. The van der Waals surface area contributed by atoms with Crippen LogP contribution in [0.15, 0.2) is 47.4 Å². The van der Waals surface area contributed by atoms with Crippen LogP contribution < -0.4 is 9.80 Å². The average molecular weight is 486 g/mol. The molecule has 0 saturated carbocycles. The van der Waals surface area contributed by atoms with E-state index in [2.05, 4.69) is 4.90 Å². The van der Waals surface area contributed by atoms with Gasteiger partial charge in [0.25, 0.3) is 5.91 Å². The van der Waals surface area contributed by atoms with E-state index in [1.54, 1.807) is 30.9 Å². The van der Waals surface area contributed by atoms with Crippen LogP contribution in [-0.4, -0.2) is 63.9 Å². The van der Waals surface area contributed by atoms with E-state index in [-0.39, 0.29) is 16.4 Å². The SMILES string of the molecule is CCN(CC)S(=O)(=O)c1ccc(N2CCCC2)c(C(=O)OCC(=O)N2CCc3ccccc32)c1. The van der Waals surface area contributed by atoms with Crippen LogP contribution in [0.2, 0.25) is 0 Å². The number of nitrogens with zero attached hydrogens (tertiary/aromatic N) is 3. The van der Waals surface area contributed by atoms with Crippen molar-refractivity contribution in [3.63, 3.8) is 0 Å². The molecule has 1 fully saturated rings. The van der Waals surface area contributed by atoms with Gasteiger partial charge in [0, 0.05) is 38.4 Å². The Morgan fingerprint density at radius 1 is 0.971 bits per heavy atom. The Hall–Kier alpha value is -2.91. The van der Waals surface area contributed by atoms with E-state index in [9.17, 15) is 18.0 Å². The van der Waals surface area contributed by atoms with Crippen molar-refractivity contribution >= 4 is 33.3 Å². The predicted molar refractivity (Wildman–Crippen MR) is 131 cm³/mol. The summed E-state index contributed by atoms with van der Waals surface area (Å²) in [5.74, 6) is -0.993. The lowest BCUT2D eigenvalue weighted by molar-refractivity contribution is -0.121. The second kappa shape index (κ2) is 10.1. The van der Waals surface area contributed by atoms with Crippen molar-refractivity contribution < 1.29 is 22.7 Å². The first-order valence-electron chi connectivity index (χ1n) is 11.8. The monoisotopic (exact) mass is 485 g/mol. The number of sulfonamides is 1. The molecule has 0 bridgehead atoms. The van der Waals surface area contributed by atoms with E-state index in [1.807, 2.05) is 24.3 Å². The van der Waals surface area contributed by atoms with E-state index in [1.165, 1.54) is 10.4 Å². The second-order valence-corrected chi connectivity index (χ2v) is 10.4. The smallest absolute Gasteiger partial charge is 0.340 e. The zero-order valence-corrected chi connectivity index (χ0v) is 20.5. The molecule has 9 heteroatoms. The zero-order valence-electron chi connectivity index (χ0n) is 19.7. The Morgan fingerprint density at radius 2 is 1.68 bits per heavy atom. The summed E-state index contributed by atoms with van der Waals surface area (Å²) in [7, 11) is -3.74. The van der Waals surface area contributed by atoms with Crippen LogP contribution in [0.5, 0.6) is 0 Å². The van der Waals surface area contributed by atoms with Crippen molar-refractivity contribution in [3.05, 3.63) is 53.6 Å². The number of ether oxygens (including phenoxy) is 1. The standard InChI is InChI=1S/C25H31N3O5S/c1-3-27(4-2)34(31,32)20-11-12-23(26-14-7-8-15-26)21(17-20)25(30)33-18-24(29)28-16-13-19-9-5-6-10-22(19)28/h5-6,9-12,17H,3-4,7-8,13-16,18H2,1-2H3. The third kappa shape index (κ3) is 4.67. The fraction of sp³-hybridized carbons (Fsp3) is 0.440. The molecule has 0 atom stereocenters. The Labute approximate surface area is 201 Å². The van der Waals surface area contributed by atoms with Gasteiger partial charge in [-0.3, -0.25) is 4.79 Å². The summed E-state index contributed by atoms with van der Waals surface area (Å²) < 4.78 is 32.9. The average Bonchev–Trinajstić information content (AvgIpc) is 3.53. The van der Waals surface area contributed by atoms with Crippen LogP contribution >= 0.6 is 0 Å². The van der Waals surface area contributed by atoms with Gasteiger partial charge in [-0.2, -0.15) is 4.31 Å². The predicted octanol–water partition coefficient (Wildman–Crippen LogP) is 3.06. The molecule has 0 unspecified atom stereocenters. The lowest BCUT2D eigenvalue weighted by Crippen LogP contribution is -2.33. The number of hydrogen-bond acceptors (Lipinski definition) is 6. The van der Waals surface area contributed by atoms with Crippen molar-refractivity contribution in [2.24, 2.45) is 0 Å². The van der Waals surface area contributed by atoms with Gasteiger partial charge in [-0.15, -0.1) is 0 Å². The molecule has 2 aromatic rings. The maximum atomic E-state index is 13.1. The van der Waals surface area contributed by atoms with Crippen LogP contribution in [0.25, 0.3) is 0 Å². The minimum atomic E-state index is -3.74. The van der Waals surface area contributed by atoms with Gasteiger partial charge in [-0.1, -0.05) is 32.0 Å². The molecule has 34 heavy (non-hydrogen) atoms. The van der Waals surface area contributed by atoms with Gasteiger partial charge in [0.1, 0.15) is 0 Å². The summed E-state index contributed by atoms with van der Waals surface area (Å²) in [5.41, 5.74) is 2.74. The van der Waals surface area contributed by atoms with E-state index >= 15 is 0 Å². The Balaban J connectivity index is 1.57. The van der Waals surface area contributed by atoms with Crippen LogP contribution in [0.1, 0.15) is 42.6 Å². The van der Waals surface area contributed by atoms with E-state index in [0.29, 0.717) is 25.3 Å². The minimum absolute atomic E-state index is 0.0471. The highest BCUT2D eigenvalue weighted by atomic mass is 32.2. The minimum Gasteiger partial charge on any atom is -0.452 e. The second-order valence-electron chi connectivity index (χ2n) is 8.46. The molecule has 2 aliphatic rings. The highest BCUT2D eigenvalue weighted by Crippen LogP contribution is 2.30. The number of hydrogen-bond donors (Lipinski definition) is 0. The van der Waals surface area contributed by atoms with E-state index in [4.69, 9.17) is 4.74 Å². The normalized spacial score (nSPS) is 15.6. The summed E-state index contributed by atoms with van der Waals surface area (Å²) in [6, 6.07) is 12.3. The number of fused-ring (bicyclic) bond motifs is 1. The largest absolute Gasteiger partial charge is 0.452 e. The number of anilines is 2. The first-order valence-corrected chi connectivity index (χ1v) is 13.2. The molecular weight excluding hydrogens is 454 g/mol. The van der Waals surface area contributed by atoms with Crippen molar-refractivity contribution in [1.29, 1.82) is 0 Å². The summed E-state index contributed by atoms with van der Waals surface area (Å²) in [6.07, 6.45) is 2.77. The summed E-state index contributed by atoms with van der Waals surface area (Å²) in [5, 5.41) is 0. The van der Waals surface area contributed by atoms with Crippen LogP contribution in [-0.2, 0) is 26.0 Å². The fourth-order valence-electron chi connectivity index (χ4n) is 4.67. The van der Waals surface area contributed by atoms with Crippen molar-refractivity contribution in [2.45, 2.75) is 38.0 Å². The van der Waals surface area contributed by atoms with Gasteiger partial charge in [0.05, 0.1) is 16.1 Å². The summed E-state index contributed by atoms with van der Waals surface area (Å²) in [6.45, 7) is 5.92. The molecule has 2 aliphatic heterocycles. The van der Waals surface area contributed by atoms with Crippen LogP contribution in [0.3, 0.4) is 0 Å². The lowest BCUT2D eigenvalue weighted by Gasteiger charge is -2.23. The molecule has 0 radical (unpaired) electrons. The molecule has 4 rings (SSSR count). The molecule has 0 N–H and O–H groups in total. The number of rotatable bonds is 8. The molecule has 1 saturated heterocycles. The summed E-state index contributed by atoms with van der Waals surface area (Å²) >= 11 is 0. The molecule has 0 spiro atoms. The molecule has 1 amide bonds. The van der Waals surface area contributed by atoms with Crippen LogP contribution in [0, 0.1) is 0 Å². The van der Waals surface area contributed by atoms with Gasteiger partial charge < -0.3 is 14.5 Å². The number of amides is 1. The highest BCUT2D eigenvalue weighted by molar-refractivity contribution is 7.89. The number of benzene rings is 2. The van der Waals surface area contributed by atoms with E-state index < -0.39 is 22.6 Å². The Kier molecular flexibility index (Phi) is 7.23. The molecule has 0 aromatic heterocycles.